The molecule has 1 aliphatic carbocycles. The highest BCUT2D eigenvalue weighted by molar-refractivity contribution is 5.98. The van der Waals surface area contributed by atoms with Crippen LogP contribution < -0.4 is 0 Å². The molecule has 1 aliphatic heterocycles. The molecule has 2 fully saturated rings. The average molecular weight is 315 g/mol. The van der Waals surface area contributed by atoms with Crippen LogP contribution in [0, 0.1) is 0 Å². The lowest BCUT2D eigenvalue weighted by Gasteiger charge is -2.39. The maximum atomic E-state index is 12.7. The van der Waals surface area contributed by atoms with Gasteiger partial charge in [-0.1, -0.05) is 49.6 Å². The van der Waals surface area contributed by atoms with Crippen LogP contribution in [0.25, 0.3) is 0 Å². The molecule has 1 heterocycles. The zero-order valence-electron chi connectivity index (χ0n) is 13.6. The van der Waals surface area contributed by atoms with Crippen molar-refractivity contribution in [3.05, 3.63) is 35.9 Å². The van der Waals surface area contributed by atoms with Crippen molar-refractivity contribution in [3.63, 3.8) is 0 Å². The number of likely N-dealkylation sites (tertiary alicyclic amines) is 1. The number of hydrogen-bond donors (Lipinski definition) is 0. The van der Waals surface area contributed by atoms with Crippen molar-refractivity contribution in [2.24, 2.45) is 0 Å². The summed E-state index contributed by atoms with van der Waals surface area (Å²) in [6.45, 7) is 1.05. The number of ether oxygens (including phenoxy) is 1. The van der Waals surface area contributed by atoms with Crippen molar-refractivity contribution >= 4 is 12.3 Å². The van der Waals surface area contributed by atoms with Crippen LogP contribution in [0.1, 0.15) is 50.5 Å². The Hall–Kier alpha value is -1.68. The summed E-state index contributed by atoms with van der Waals surface area (Å²) in [4.78, 5) is 26.8. The minimum absolute atomic E-state index is 0.230. The number of aldehydes is 1. The zero-order chi connectivity index (χ0) is 16.1. The molecule has 2 aliphatic rings. The molecule has 0 radical (unpaired) electrons. The third kappa shape index (κ3) is 3.32. The van der Waals surface area contributed by atoms with Gasteiger partial charge in [0, 0.05) is 12.6 Å². The van der Waals surface area contributed by atoms with Gasteiger partial charge >= 0.3 is 5.97 Å². The molecule has 1 aromatic rings. The van der Waals surface area contributed by atoms with Crippen molar-refractivity contribution < 1.29 is 14.3 Å². The van der Waals surface area contributed by atoms with E-state index in [-0.39, 0.29) is 12.6 Å². The summed E-state index contributed by atoms with van der Waals surface area (Å²) in [6, 6.07) is 9.97. The summed E-state index contributed by atoms with van der Waals surface area (Å²) in [5.74, 6) is -0.376. The number of benzene rings is 1. The largest absolute Gasteiger partial charge is 0.459 e. The maximum absolute atomic E-state index is 12.7. The van der Waals surface area contributed by atoms with E-state index in [1.807, 2.05) is 30.3 Å². The number of esters is 1. The normalized spacial score (nSPS) is 26.1. The highest BCUT2D eigenvalue weighted by Gasteiger charge is 2.51. The fraction of sp³-hybridized carbons (Fsp3) is 0.579. The molecule has 0 N–H and O–H groups in total. The third-order valence-electron chi connectivity index (χ3n) is 5.25. The minimum atomic E-state index is -1.06. The Morgan fingerprint density at radius 3 is 2.61 bits per heavy atom. The first-order valence-corrected chi connectivity index (χ1v) is 8.70. The molecule has 1 atom stereocenters. The van der Waals surface area contributed by atoms with Crippen molar-refractivity contribution in [2.75, 3.05) is 6.54 Å². The van der Waals surface area contributed by atoms with Crippen LogP contribution in [0.2, 0.25) is 0 Å². The second kappa shape index (κ2) is 7.26. The highest BCUT2D eigenvalue weighted by Crippen LogP contribution is 2.36. The van der Waals surface area contributed by atoms with Crippen LogP contribution in [-0.2, 0) is 20.9 Å². The maximum Gasteiger partial charge on any atom is 0.334 e. The average Bonchev–Trinajstić information content (AvgIpc) is 3.06. The highest BCUT2D eigenvalue weighted by atomic mass is 16.5. The van der Waals surface area contributed by atoms with Crippen molar-refractivity contribution in [1.82, 2.24) is 4.90 Å². The van der Waals surface area contributed by atoms with Crippen LogP contribution in [0.3, 0.4) is 0 Å². The molecule has 0 spiro atoms. The van der Waals surface area contributed by atoms with Gasteiger partial charge in [-0.25, -0.2) is 4.79 Å². The third-order valence-corrected chi connectivity index (χ3v) is 5.25. The predicted octanol–water partition coefficient (Wildman–Crippen LogP) is 3.10. The molecule has 0 unspecified atom stereocenters. The lowest BCUT2D eigenvalue weighted by molar-refractivity contribution is -0.161. The number of nitrogens with zero attached hydrogens (tertiary/aromatic N) is 1. The molecule has 1 saturated heterocycles. The Morgan fingerprint density at radius 1 is 1.17 bits per heavy atom. The summed E-state index contributed by atoms with van der Waals surface area (Å²) in [7, 11) is 0. The van der Waals surface area contributed by atoms with Gasteiger partial charge in [-0.3, -0.25) is 4.90 Å². The second-order valence-electron chi connectivity index (χ2n) is 6.69. The van der Waals surface area contributed by atoms with Crippen molar-refractivity contribution in [1.29, 1.82) is 0 Å². The first-order chi connectivity index (χ1) is 11.3. The molecule has 1 aromatic carbocycles. The molecular weight excluding hydrogens is 290 g/mol. The first kappa shape index (κ1) is 16.2. The molecule has 0 bridgehead atoms. The second-order valence-corrected chi connectivity index (χ2v) is 6.69. The Kier molecular flexibility index (Phi) is 5.11. The van der Waals surface area contributed by atoms with E-state index in [0.717, 1.165) is 37.7 Å². The number of rotatable bonds is 5. The van der Waals surface area contributed by atoms with Crippen molar-refractivity contribution in [2.45, 2.75) is 63.1 Å². The van der Waals surface area contributed by atoms with E-state index in [1.54, 1.807) is 0 Å². The van der Waals surface area contributed by atoms with E-state index in [1.165, 1.54) is 19.3 Å². The van der Waals surface area contributed by atoms with E-state index in [4.69, 9.17) is 4.74 Å². The van der Waals surface area contributed by atoms with Gasteiger partial charge in [-0.15, -0.1) is 0 Å². The first-order valence-electron chi connectivity index (χ1n) is 8.70. The molecule has 1 saturated carbocycles. The van der Waals surface area contributed by atoms with E-state index < -0.39 is 5.54 Å². The van der Waals surface area contributed by atoms with Gasteiger partial charge < -0.3 is 9.53 Å². The van der Waals surface area contributed by atoms with Crippen LogP contribution >= 0.6 is 0 Å². The number of carbonyl (C=O) groups is 2. The minimum Gasteiger partial charge on any atom is -0.459 e. The molecular formula is C19H25NO3. The lowest BCUT2D eigenvalue weighted by atomic mass is 9.90. The lowest BCUT2D eigenvalue weighted by Crippen LogP contribution is -2.56. The number of carbonyl (C=O) groups excluding carboxylic acids is 2. The summed E-state index contributed by atoms with van der Waals surface area (Å²) in [6.07, 6.45) is 8.11. The molecule has 0 aromatic heterocycles. The molecule has 4 heteroatoms. The molecule has 4 nitrogen and oxygen atoms in total. The standard InChI is InChI=1S/C19H25NO3/c21-15-19(18(22)23-14-16-8-3-1-4-9-16)12-7-13-20(19)17-10-5-2-6-11-17/h1,3-4,8-9,15,17H,2,5-7,10-14H2/t19-/m0/s1. The summed E-state index contributed by atoms with van der Waals surface area (Å²) < 4.78 is 5.52. The molecule has 0 amide bonds. The number of hydrogen-bond acceptors (Lipinski definition) is 4. The van der Waals surface area contributed by atoms with Crippen LogP contribution in [0.4, 0.5) is 0 Å². The Morgan fingerprint density at radius 2 is 1.91 bits per heavy atom. The van der Waals surface area contributed by atoms with Gasteiger partial charge in [-0.2, -0.15) is 0 Å². The smallest absolute Gasteiger partial charge is 0.334 e. The van der Waals surface area contributed by atoms with E-state index in [2.05, 4.69) is 4.90 Å². The van der Waals surface area contributed by atoms with Gasteiger partial charge in [0.25, 0.3) is 0 Å². The zero-order valence-corrected chi connectivity index (χ0v) is 13.6. The Labute approximate surface area is 137 Å². The van der Waals surface area contributed by atoms with Crippen molar-refractivity contribution in [3.8, 4) is 0 Å². The summed E-state index contributed by atoms with van der Waals surface area (Å²) in [5.41, 5.74) is -0.110. The Bertz CT molecular complexity index is 539. The van der Waals surface area contributed by atoms with Gasteiger partial charge in [0.05, 0.1) is 0 Å². The SMILES string of the molecule is O=C[C@]1(C(=O)OCc2ccccc2)CCCN1C1CCCCC1. The fourth-order valence-corrected chi connectivity index (χ4v) is 4.01. The molecule has 124 valence electrons. The van der Waals surface area contributed by atoms with E-state index in [0.29, 0.717) is 12.5 Å². The summed E-state index contributed by atoms with van der Waals surface area (Å²) >= 11 is 0. The summed E-state index contributed by atoms with van der Waals surface area (Å²) in [5, 5.41) is 0. The van der Waals surface area contributed by atoms with Gasteiger partial charge in [0.1, 0.15) is 6.61 Å². The Balaban J connectivity index is 1.70. The van der Waals surface area contributed by atoms with Crippen LogP contribution in [0.15, 0.2) is 30.3 Å². The monoisotopic (exact) mass is 315 g/mol. The topological polar surface area (TPSA) is 46.6 Å². The predicted molar refractivity (Wildman–Crippen MR) is 87.8 cm³/mol. The van der Waals surface area contributed by atoms with Crippen LogP contribution in [-0.4, -0.2) is 35.3 Å². The van der Waals surface area contributed by atoms with Gasteiger partial charge in [0.2, 0.25) is 0 Å². The quantitative estimate of drug-likeness (QED) is 0.476. The fourth-order valence-electron chi connectivity index (χ4n) is 4.01. The molecule has 3 rings (SSSR count). The van der Waals surface area contributed by atoms with E-state index in [9.17, 15) is 9.59 Å². The van der Waals surface area contributed by atoms with Gasteiger partial charge in [0.15, 0.2) is 11.8 Å². The van der Waals surface area contributed by atoms with Gasteiger partial charge in [-0.05, 0) is 31.2 Å². The molecule has 23 heavy (non-hydrogen) atoms. The van der Waals surface area contributed by atoms with Crippen LogP contribution in [0.5, 0.6) is 0 Å². The van der Waals surface area contributed by atoms with E-state index >= 15 is 0 Å².